The lowest BCUT2D eigenvalue weighted by Gasteiger charge is -2.06. The molecule has 3 rings (SSSR count). The van der Waals surface area contributed by atoms with Gasteiger partial charge < -0.3 is 0 Å². The van der Waals surface area contributed by atoms with Gasteiger partial charge in [0.25, 0.3) is 0 Å². The van der Waals surface area contributed by atoms with E-state index >= 15 is 0 Å². The summed E-state index contributed by atoms with van der Waals surface area (Å²) in [4.78, 5) is 0. The zero-order valence-electron chi connectivity index (χ0n) is 18.3. The Morgan fingerprint density at radius 3 is 2.14 bits per heavy atom. The summed E-state index contributed by atoms with van der Waals surface area (Å²) in [5.41, 5.74) is 8.13. The molecule has 0 radical (unpaired) electrons. The van der Waals surface area contributed by atoms with Crippen molar-refractivity contribution in [1.29, 1.82) is 0 Å². The van der Waals surface area contributed by atoms with Crippen molar-refractivity contribution in [3.8, 4) is 16.8 Å². The van der Waals surface area contributed by atoms with Gasteiger partial charge in [-0.25, -0.2) is 4.68 Å². The summed E-state index contributed by atoms with van der Waals surface area (Å²) in [6.45, 7) is 14.2. The molecule has 0 atom stereocenters. The third-order valence-corrected chi connectivity index (χ3v) is 4.73. The maximum Gasteiger partial charge on any atom is 0.0753 e. The van der Waals surface area contributed by atoms with Crippen LogP contribution >= 0.6 is 0 Å². The lowest BCUT2D eigenvalue weighted by molar-refractivity contribution is 0.823. The molecule has 1 heterocycles. The molecule has 0 N–H and O–H groups in total. The van der Waals surface area contributed by atoms with Gasteiger partial charge >= 0.3 is 0 Å². The van der Waals surface area contributed by atoms with Crippen LogP contribution in [0.1, 0.15) is 39.1 Å². The van der Waals surface area contributed by atoms with Gasteiger partial charge in [0.05, 0.1) is 11.4 Å². The molecule has 0 fully saturated rings. The largest absolute Gasteiger partial charge is 0.237 e. The summed E-state index contributed by atoms with van der Waals surface area (Å²) < 4.78 is 2.05. The summed E-state index contributed by atoms with van der Waals surface area (Å²) in [6.07, 6.45) is 7.00. The molecule has 0 aliphatic carbocycles. The van der Waals surface area contributed by atoms with Crippen molar-refractivity contribution < 1.29 is 0 Å². The monoisotopic (exact) mass is 384 g/mol. The smallest absolute Gasteiger partial charge is 0.0753 e. The predicted molar refractivity (Wildman–Crippen MR) is 127 cm³/mol. The molecule has 0 aliphatic heterocycles. The number of nitrogens with zero attached hydrogens (tertiary/aromatic N) is 2. The van der Waals surface area contributed by atoms with Crippen molar-refractivity contribution in [1.82, 2.24) is 9.78 Å². The molecule has 29 heavy (non-hydrogen) atoms. The van der Waals surface area contributed by atoms with Gasteiger partial charge in [0, 0.05) is 17.7 Å². The van der Waals surface area contributed by atoms with Crippen molar-refractivity contribution in [3.05, 3.63) is 108 Å². The van der Waals surface area contributed by atoms with Crippen LogP contribution < -0.4 is 0 Å². The number of rotatable bonds is 6. The minimum absolute atomic E-state index is 0.784. The second-order valence-electron chi connectivity index (χ2n) is 6.65. The van der Waals surface area contributed by atoms with Gasteiger partial charge in [0.1, 0.15) is 0 Å². The molecular formula is C27H32N2. The summed E-state index contributed by atoms with van der Waals surface area (Å²) in [6, 6.07) is 20.8. The first-order valence-corrected chi connectivity index (χ1v) is 10.3. The van der Waals surface area contributed by atoms with Crippen molar-refractivity contribution >= 4 is 0 Å². The van der Waals surface area contributed by atoms with E-state index in [0.717, 1.165) is 29.1 Å². The highest BCUT2D eigenvalue weighted by Crippen LogP contribution is 2.30. The van der Waals surface area contributed by atoms with Crippen LogP contribution in [-0.4, -0.2) is 9.78 Å². The molecule has 0 aliphatic rings. The number of hydrogen-bond donors (Lipinski definition) is 0. The van der Waals surface area contributed by atoms with E-state index in [1.807, 2.05) is 44.2 Å². The Labute approximate surface area is 175 Å². The lowest BCUT2D eigenvalue weighted by atomic mass is 9.98. The maximum absolute atomic E-state index is 5.00. The highest BCUT2D eigenvalue weighted by molar-refractivity contribution is 5.70. The van der Waals surface area contributed by atoms with Crippen molar-refractivity contribution in [3.63, 3.8) is 0 Å². The summed E-state index contributed by atoms with van der Waals surface area (Å²) in [7, 11) is 0. The summed E-state index contributed by atoms with van der Waals surface area (Å²) in [5, 5.41) is 5.00. The van der Waals surface area contributed by atoms with Gasteiger partial charge in [-0.3, -0.25) is 0 Å². The van der Waals surface area contributed by atoms with E-state index in [0.29, 0.717) is 0 Å². The Morgan fingerprint density at radius 2 is 1.59 bits per heavy atom. The standard InChI is InChI=1S/C25H26N2.C2H6/c1-5-19(3)17-21(6-2)18-24-25(22-13-9-7-10-14-22)20(4)27(26-24)23-15-11-8-12-16-23;1-2/h5-17H,1,18H2,2-4H3;1-2H3/b19-17-,21-6+;. The Morgan fingerprint density at radius 1 is 1.00 bits per heavy atom. The molecule has 0 amide bonds. The molecular weight excluding hydrogens is 352 g/mol. The fourth-order valence-electron chi connectivity index (χ4n) is 3.27. The summed E-state index contributed by atoms with van der Waals surface area (Å²) in [5.74, 6) is 0. The first-order chi connectivity index (χ1) is 14.1. The average molecular weight is 385 g/mol. The number of allylic oxidation sites excluding steroid dienone is 5. The maximum atomic E-state index is 5.00. The molecule has 3 aromatic rings. The van der Waals surface area contributed by atoms with E-state index in [-0.39, 0.29) is 0 Å². The summed E-state index contributed by atoms with van der Waals surface area (Å²) >= 11 is 0. The van der Waals surface area contributed by atoms with Crippen LogP contribution in [-0.2, 0) is 6.42 Å². The fraction of sp³-hybridized carbons (Fsp3) is 0.222. The van der Waals surface area contributed by atoms with Gasteiger partial charge in [0.2, 0.25) is 0 Å². The minimum atomic E-state index is 0.784. The van der Waals surface area contributed by atoms with Crippen LogP contribution in [0.4, 0.5) is 0 Å². The molecule has 2 heteroatoms. The Balaban J connectivity index is 0.00000145. The SMILES string of the molecule is C=C/C(C)=C\C(=C/C)Cc1nn(-c2ccccc2)c(C)c1-c1ccccc1.CC. The third kappa shape index (κ3) is 5.45. The highest BCUT2D eigenvalue weighted by atomic mass is 15.3. The number of para-hydroxylation sites is 1. The zero-order chi connectivity index (χ0) is 21.2. The molecule has 0 spiro atoms. The Hall–Kier alpha value is -3.13. The van der Waals surface area contributed by atoms with Gasteiger partial charge in [0.15, 0.2) is 0 Å². The number of hydrogen-bond acceptors (Lipinski definition) is 1. The molecule has 0 unspecified atom stereocenters. The van der Waals surface area contributed by atoms with Crippen LogP contribution in [0.25, 0.3) is 16.8 Å². The van der Waals surface area contributed by atoms with Crippen LogP contribution in [0, 0.1) is 6.92 Å². The molecule has 0 saturated heterocycles. The first kappa shape index (κ1) is 22.2. The highest BCUT2D eigenvalue weighted by Gasteiger charge is 2.17. The lowest BCUT2D eigenvalue weighted by Crippen LogP contribution is -1.99. The topological polar surface area (TPSA) is 17.8 Å². The quantitative estimate of drug-likeness (QED) is 0.402. The molecule has 2 nitrogen and oxygen atoms in total. The van der Waals surface area contributed by atoms with Crippen LogP contribution in [0.2, 0.25) is 0 Å². The van der Waals surface area contributed by atoms with E-state index in [2.05, 4.69) is 80.6 Å². The zero-order valence-corrected chi connectivity index (χ0v) is 18.3. The van der Waals surface area contributed by atoms with Crippen molar-refractivity contribution in [2.75, 3.05) is 0 Å². The molecule has 2 aromatic carbocycles. The fourth-order valence-corrected chi connectivity index (χ4v) is 3.27. The van der Waals surface area contributed by atoms with Gasteiger partial charge in [-0.15, -0.1) is 0 Å². The molecule has 0 bridgehead atoms. The molecule has 0 saturated carbocycles. The van der Waals surface area contributed by atoms with Crippen molar-refractivity contribution in [2.45, 2.75) is 41.0 Å². The number of benzene rings is 2. The van der Waals surface area contributed by atoms with Gasteiger partial charge in [-0.2, -0.15) is 5.10 Å². The third-order valence-electron chi connectivity index (χ3n) is 4.73. The van der Waals surface area contributed by atoms with Crippen LogP contribution in [0.15, 0.2) is 96.6 Å². The van der Waals surface area contributed by atoms with Crippen LogP contribution in [0.5, 0.6) is 0 Å². The van der Waals surface area contributed by atoms with E-state index in [1.165, 1.54) is 16.7 Å². The van der Waals surface area contributed by atoms with E-state index in [4.69, 9.17) is 5.10 Å². The minimum Gasteiger partial charge on any atom is -0.237 e. The van der Waals surface area contributed by atoms with Gasteiger partial charge in [-0.1, -0.05) is 92.8 Å². The van der Waals surface area contributed by atoms with Crippen molar-refractivity contribution in [2.24, 2.45) is 0 Å². The second kappa shape index (κ2) is 11.0. The Bertz CT molecular complexity index is 974. The Kier molecular flexibility index (Phi) is 8.42. The van der Waals surface area contributed by atoms with E-state index in [1.54, 1.807) is 0 Å². The number of aromatic nitrogens is 2. The normalized spacial score (nSPS) is 11.6. The molecule has 1 aromatic heterocycles. The predicted octanol–water partition coefficient (Wildman–Crippen LogP) is 7.50. The van der Waals surface area contributed by atoms with E-state index < -0.39 is 0 Å². The first-order valence-electron chi connectivity index (χ1n) is 10.3. The average Bonchev–Trinajstić information content (AvgIpc) is 3.11. The second-order valence-corrected chi connectivity index (χ2v) is 6.65. The van der Waals surface area contributed by atoms with E-state index in [9.17, 15) is 0 Å². The van der Waals surface area contributed by atoms with Gasteiger partial charge in [-0.05, 0) is 44.0 Å². The van der Waals surface area contributed by atoms with Crippen LogP contribution in [0.3, 0.4) is 0 Å². The molecule has 150 valence electrons.